The Morgan fingerprint density at radius 1 is 1.32 bits per heavy atom. The summed E-state index contributed by atoms with van der Waals surface area (Å²) in [7, 11) is 13.9. The minimum absolute atomic E-state index is 0.125. The third kappa shape index (κ3) is 8.49. The zero-order chi connectivity index (χ0) is 24.0. The molecule has 31 heavy (non-hydrogen) atoms. The van der Waals surface area contributed by atoms with E-state index in [-0.39, 0.29) is 23.5 Å². The maximum absolute atomic E-state index is 11.8. The van der Waals surface area contributed by atoms with E-state index in [1.165, 1.54) is 13.2 Å². The van der Waals surface area contributed by atoms with Crippen LogP contribution in [0.5, 0.6) is 5.75 Å². The van der Waals surface area contributed by atoms with E-state index in [1.54, 1.807) is 18.2 Å². The number of hydrogen-bond donors (Lipinski definition) is 1. The number of halogens is 4. The molecule has 0 bridgehead atoms. The molecule has 1 aromatic carbocycles. The third-order valence-electron chi connectivity index (χ3n) is 3.62. The maximum atomic E-state index is 11.8. The summed E-state index contributed by atoms with van der Waals surface area (Å²) in [5, 5.41) is 21.7. The van der Waals surface area contributed by atoms with Gasteiger partial charge in [0.05, 0.1) is 23.9 Å². The van der Waals surface area contributed by atoms with E-state index >= 15 is 0 Å². The normalized spacial score (nSPS) is 18.1. The van der Waals surface area contributed by atoms with Crippen molar-refractivity contribution >= 4 is 53.8 Å². The average Bonchev–Trinajstić information content (AvgIpc) is 2.59. The second-order valence-corrected chi connectivity index (χ2v) is 19.9. The Hall–Kier alpha value is -0.939. The van der Waals surface area contributed by atoms with Crippen LogP contribution in [-0.4, -0.2) is 31.4 Å². The first kappa shape index (κ1) is 28.1. The summed E-state index contributed by atoms with van der Waals surface area (Å²) in [5.41, 5.74) is -0.441. The van der Waals surface area contributed by atoms with E-state index in [0.29, 0.717) is 0 Å². The van der Waals surface area contributed by atoms with Crippen molar-refractivity contribution in [3.05, 3.63) is 63.4 Å². The van der Waals surface area contributed by atoms with Gasteiger partial charge < -0.3 is 19.0 Å². The number of benzene rings is 1. The van der Waals surface area contributed by atoms with Crippen LogP contribution >= 0.6 is 39.5 Å². The minimum atomic E-state index is -2.19. The molecule has 8 nitrogen and oxygen atoms in total. The van der Waals surface area contributed by atoms with Gasteiger partial charge in [0.1, 0.15) is 5.75 Å². The van der Waals surface area contributed by atoms with E-state index in [1.807, 2.05) is 19.6 Å². The van der Waals surface area contributed by atoms with E-state index < -0.39 is 50.4 Å². The number of allylic oxidation sites excluding steroid dienone is 2. The van der Waals surface area contributed by atoms with Crippen LogP contribution in [0.4, 0.5) is 0 Å². The molecule has 1 heterocycles. The molecule has 0 saturated carbocycles. The van der Waals surface area contributed by atoms with Gasteiger partial charge in [-0.1, -0.05) is 18.2 Å². The van der Waals surface area contributed by atoms with E-state index in [2.05, 4.69) is 4.74 Å². The fraction of sp³-hybridized carbons (Fsp3) is 0.353. The third-order valence-corrected chi connectivity index (χ3v) is 5.01. The molecular formula is C17H20Cl4NO7SiTi. The van der Waals surface area contributed by atoms with E-state index in [9.17, 15) is 20.0 Å². The van der Waals surface area contributed by atoms with E-state index in [4.69, 9.17) is 48.7 Å². The summed E-state index contributed by atoms with van der Waals surface area (Å²) < 4.78 is 15.7. The molecule has 1 N–H and O–H groups in total. The Labute approximate surface area is 203 Å². The summed E-state index contributed by atoms with van der Waals surface area (Å²) in [6.45, 7) is 5.66. The summed E-state index contributed by atoms with van der Waals surface area (Å²) in [6, 6.07) is 6.37. The predicted molar refractivity (Wildman–Crippen MR) is 118 cm³/mol. The van der Waals surface area contributed by atoms with Crippen molar-refractivity contribution < 1.29 is 43.4 Å². The number of hydrogen-bond acceptors (Lipinski definition) is 7. The number of aliphatic hydroxyl groups is 1. The first-order valence-electron chi connectivity index (χ1n) is 8.56. The summed E-state index contributed by atoms with van der Waals surface area (Å²) in [5.74, 6) is -1.28. The SMILES string of the molecule is COC(=O)/C=C(/CC1(Cl)C([N+](=O)[O-])=C(O)Oc2ccccc21)O[Si](C)(C)C.[Cl][Ti]([Cl])[Cl]. The summed E-state index contributed by atoms with van der Waals surface area (Å²) >= 11 is 4.80. The summed E-state index contributed by atoms with van der Waals surface area (Å²) in [4.78, 5) is 20.8. The molecule has 1 atom stereocenters. The monoisotopic (exact) mass is 566 g/mol. The van der Waals surface area contributed by atoms with Gasteiger partial charge in [-0.05, 0) is 25.7 Å². The van der Waals surface area contributed by atoms with Gasteiger partial charge >= 0.3 is 60.2 Å². The van der Waals surface area contributed by atoms with Crippen LogP contribution in [0.15, 0.2) is 47.7 Å². The molecule has 1 aromatic rings. The predicted octanol–water partition coefficient (Wildman–Crippen LogP) is 5.88. The fourth-order valence-corrected chi connectivity index (χ4v) is 4.03. The molecule has 2 rings (SSSR count). The van der Waals surface area contributed by atoms with Crippen LogP contribution in [0.3, 0.4) is 0 Å². The second-order valence-electron chi connectivity index (χ2n) is 7.05. The number of para-hydroxylation sites is 1. The van der Waals surface area contributed by atoms with Crippen molar-refractivity contribution in [2.75, 3.05) is 7.11 Å². The van der Waals surface area contributed by atoms with Gasteiger partial charge in [-0.3, -0.25) is 10.1 Å². The van der Waals surface area contributed by atoms with Crippen molar-refractivity contribution in [2.24, 2.45) is 0 Å². The molecule has 0 saturated heterocycles. The van der Waals surface area contributed by atoms with Gasteiger partial charge in [-0.2, -0.15) is 0 Å². The van der Waals surface area contributed by atoms with Crippen molar-refractivity contribution in [3.8, 4) is 5.75 Å². The van der Waals surface area contributed by atoms with Crippen LogP contribution in [0.2, 0.25) is 19.6 Å². The van der Waals surface area contributed by atoms with Crippen LogP contribution in [0.25, 0.3) is 0 Å². The number of esters is 1. The van der Waals surface area contributed by atoms with Crippen molar-refractivity contribution in [2.45, 2.75) is 30.9 Å². The number of ether oxygens (including phenoxy) is 2. The molecule has 1 aliphatic heterocycles. The van der Waals surface area contributed by atoms with Crippen LogP contribution in [0.1, 0.15) is 12.0 Å². The molecule has 14 heteroatoms. The van der Waals surface area contributed by atoms with Crippen LogP contribution < -0.4 is 4.74 Å². The number of aliphatic hydroxyl groups excluding tert-OH is 1. The molecule has 0 amide bonds. The van der Waals surface area contributed by atoms with Gasteiger partial charge in [0.2, 0.25) is 8.32 Å². The molecule has 0 aromatic heterocycles. The number of carbonyl (C=O) groups excluding carboxylic acids is 1. The Morgan fingerprint density at radius 3 is 2.35 bits per heavy atom. The Balaban J connectivity index is 0.00000110. The van der Waals surface area contributed by atoms with Crippen LogP contribution in [-0.2, 0) is 33.5 Å². The Bertz CT molecular complexity index is 889. The Kier molecular flexibility index (Phi) is 10.7. The van der Waals surface area contributed by atoms with E-state index in [0.717, 1.165) is 6.08 Å². The first-order valence-corrected chi connectivity index (χ1v) is 18.8. The number of nitro groups is 1. The molecule has 1 unspecified atom stereocenters. The van der Waals surface area contributed by atoms with Crippen molar-refractivity contribution in [1.29, 1.82) is 0 Å². The quantitative estimate of drug-likeness (QED) is 0.0869. The number of rotatable bonds is 6. The zero-order valence-electron chi connectivity index (χ0n) is 16.9. The molecule has 171 valence electrons. The van der Waals surface area contributed by atoms with Gasteiger partial charge in [-0.15, -0.1) is 11.6 Å². The molecule has 0 aliphatic carbocycles. The molecule has 0 spiro atoms. The molecular weight excluding hydrogens is 548 g/mol. The number of fused-ring (bicyclic) bond motifs is 1. The summed E-state index contributed by atoms with van der Waals surface area (Å²) in [6.07, 6.45) is 0.851. The van der Waals surface area contributed by atoms with Crippen molar-refractivity contribution in [3.63, 3.8) is 0 Å². The number of alkyl halides is 1. The van der Waals surface area contributed by atoms with Crippen molar-refractivity contribution in [1.82, 2.24) is 0 Å². The topological polar surface area (TPSA) is 108 Å². The van der Waals surface area contributed by atoms with Gasteiger partial charge in [0.15, 0.2) is 4.87 Å². The van der Waals surface area contributed by atoms with Gasteiger partial charge in [0.25, 0.3) is 0 Å². The Morgan fingerprint density at radius 2 is 1.87 bits per heavy atom. The first-order chi connectivity index (χ1) is 14.2. The number of nitrogens with zero attached hydrogens (tertiary/aromatic N) is 1. The fourth-order valence-electron chi connectivity index (χ4n) is 2.67. The van der Waals surface area contributed by atoms with Gasteiger partial charge in [-0.25, -0.2) is 4.79 Å². The standard InChI is InChI=1S/C17H20ClNO7Si.3ClH.Ti/c1-24-14(20)9-11(26-27(2,3)4)10-17(18)12-7-5-6-8-13(12)25-16(21)15(17)19(22)23;;;;/h5-9,21H,10H2,1-4H3;3*1H;/q;;;;+3/p-3/b11-9-;;;;. The van der Waals surface area contributed by atoms with Gasteiger partial charge in [0, 0.05) is 12.0 Å². The molecule has 0 radical (unpaired) electrons. The average molecular weight is 568 g/mol. The number of methoxy groups -OCH3 is 1. The second kappa shape index (κ2) is 11.8. The zero-order valence-corrected chi connectivity index (χ0v) is 22.5. The number of carbonyl (C=O) groups is 1. The molecule has 1 aliphatic rings. The van der Waals surface area contributed by atoms with Crippen LogP contribution in [0, 0.1) is 10.1 Å². The molecule has 0 fully saturated rings.